The third kappa shape index (κ3) is 3.55. The number of hydrogen-bond acceptors (Lipinski definition) is 4. The largest absolute Gasteiger partial charge is 0.465 e. The van der Waals surface area contributed by atoms with E-state index in [0.717, 1.165) is 0 Å². The van der Waals surface area contributed by atoms with E-state index in [1.807, 2.05) is 0 Å². The summed E-state index contributed by atoms with van der Waals surface area (Å²) in [6.07, 6.45) is -3.93. The summed E-state index contributed by atoms with van der Waals surface area (Å²) in [7, 11) is 0. The molecule has 16 heavy (non-hydrogen) atoms. The molecule has 0 aliphatic carbocycles. The number of carbonyl (C=O) groups excluding carboxylic acids is 1. The van der Waals surface area contributed by atoms with E-state index < -0.39 is 24.2 Å². The van der Waals surface area contributed by atoms with E-state index in [4.69, 9.17) is 4.74 Å². The molecule has 0 aromatic heterocycles. The SMILES string of the molecule is CCOC(=O)C1(NCC(F)(F)F)CCSC1. The van der Waals surface area contributed by atoms with Crippen LogP contribution < -0.4 is 5.32 Å². The molecule has 1 rings (SSSR count). The van der Waals surface area contributed by atoms with Gasteiger partial charge in [0.2, 0.25) is 0 Å². The smallest absolute Gasteiger partial charge is 0.401 e. The molecule has 1 heterocycles. The molecule has 1 aliphatic heterocycles. The van der Waals surface area contributed by atoms with Crippen molar-refractivity contribution in [1.29, 1.82) is 0 Å². The lowest BCUT2D eigenvalue weighted by atomic mass is 9.99. The Balaban J connectivity index is 2.62. The van der Waals surface area contributed by atoms with Crippen molar-refractivity contribution >= 4 is 17.7 Å². The molecule has 1 saturated heterocycles. The van der Waals surface area contributed by atoms with E-state index in [1.165, 1.54) is 11.8 Å². The second-order valence-electron chi connectivity index (χ2n) is 3.57. The van der Waals surface area contributed by atoms with Gasteiger partial charge in [-0.05, 0) is 19.1 Å². The maximum atomic E-state index is 12.1. The predicted molar refractivity (Wildman–Crippen MR) is 55.4 cm³/mol. The van der Waals surface area contributed by atoms with Gasteiger partial charge in [0.25, 0.3) is 0 Å². The van der Waals surface area contributed by atoms with E-state index >= 15 is 0 Å². The van der Waals surface area contributed by atoms with E-state index in [2.05, 4.69) is 5.32 Å². The fourth-order valence-electron chi connectivity index (χ4n) is 1.48. The molecule has 0 radical (unpaired) electrons. The van der Waals surface area contributed by atoms with Crippen molar-refractivity contribution in [1.82, 2.24) is 5.32 Å². The Kier molecular flexibility index (Phi) is 4.49. The van der Waals surface area contributed by atoms with Gasteiger partial charge in [-0.25, -0.2) is 0 Å². The van der Waals surface area contributed by atoms with Crippen LogP contribution in [0, 0.1) is 0 Å². The molecule has 0 saturated carbocycles. The lowest BCUT2D eigenvalue weighted by Gasteiger charge is -2.27. The molecular formula is C9H14F3NO2S. The van der Waals surface area contributed by atoms with Crippen molar-refractivity contribution in [3.05, 3.63) is 0 Å². The van der Waals surface area contributed by atoms with Crippen molar-refractivity contribution < 1.29 is 22.7 Å². The average Bonchev–Trinajstić information content (AvgIpc) is 2.64. The number of ether oxygens (including phenoxy) is 1. The summed E-state index contributed by atoms with van der Waals surface area (Å²) < 4.78 is 41.1. The molecule has 94 valence electrons. The van der Waals surface area contributed by atoms with Gasteiger partial charge in [-0.1, -0.05) is 0 Å². The minimum Gasteiger partial charge on any atom is -0.465 e. The van der Waals surface area contributed by atoms with Crippen LogP contribution in [0.1, 0.15) is 13.3 Å². The zero-order chi connectivity index (χ0) is 12.2. The minimum atomic E-state index is -4.31. The molecule has 0 aromatic rings. The van der Waals surface area contributed by atoms with Gasteiger partial charge in [0, 0.05) is 5.75 Å². The summed E-state index contributed by atoms with van der Waals surface area (Å²) in [6.45, 7) is 0.656. The number of rotatable bonds is 4. The Bertz CT molecular complexity index is 252. The molecular weight excluding hydrogens is 243 g/mol. The number of halogens is 3. The Morgan fingerprint density at radius 3 is 2.69 bits per heavy atom. The van der Waals surface area contributed by atoms with Gasteiger partial charge in [0.15, 0.2) is 0 Å². The predicted octanol–water partition coefficient (Wildman–Crippen LogP) is 1.58. The molecule has 3 nitrogen and oxygen atoms in total. The minimum absolute atomic E-state index is 0.180. The number of thioether (sulfide) groups is 1. The summed E-state index contributed by atoms with van der Waals surface area (Å²) >= 11 is 1.46. The second-order valence-corrected chi connectivity index (χ2v) is 4.68. The number of alkyl halides is 3. The molecule has 1 unspecified atom stereocenters. The zero-order valence-electron chi connectivity index (χ0n) is 8.89. The topological polar surface area (TPSA) is 38.3 Å². The van der Waals surface area contributed by atoms with Gasteiger partial charge in [-0.3, -0.25) is 10.1 Å². The zero-order valence-corrected chi connectivity index (χ0v) is 9.71. The molecule has 0 aromatic carbocycles. The Hall–Kier alpha value is -0.430. The average molecular weight is 257 g/mol. The monoisotopic (exact) mass is 257 g/mol. The Morgan fingerprint density at radius 2 is 2.25 bits per heavy atom. The molecule has 7 heteroatoms. The number of nitrogens with one attached hydrogen (secondary N) is 1. The fourth-order valence-corrected chi connectivity index (χ4v) is 2.83. The molecule has 0 spiro atoms. The highest BCUT2D eigenvalue weighted by molar-refractivity contribution is 7.99. The van der Waals surface area contributed by atoms with Crippen LogP contribution in [0.25, 0.3) is 0 Å². The van der Waals surface area contributed by atoms with E-state index in [0.29, 0.717) is 17.9 Å². The van der Waals surface area contributed by atoms with Crippen molar-refractivity contribution in [3.63, 3.8) is 0 Å². The number of carbonyl (C=O) groups is 1. The fraction of sp³-hybridized carbons (Fsp3) is 0.889. The third-order valence-corrected chi connectivity index (χ3v) is 3.50. The van der Waals surface area contributed by atoms with Gasteiger partial charge in [-0.15, -0.1) is 0 Å². The number of hydrogen-bond donors (Lipinski definition) is 1. The lowest BCUT2D eigenvalue weighted by molar-refractivity contribution is -0.154. The van der Waals surface area contributed by atoms with Crippen molar-refractivity contribution in [2.75, 3.05) is 24.7 Å². The normalized spacial score (nSPS) is 25.8. The van der Waals surface area contributed by atoms with Gasteiger partial charge in [-0.2, -0.15) is 24.9 Å². The van der Waals surface area contributed by atoms with Crippen LogP contribution in [0.15, 0.2) is 0 Å². The Morgan fingerprint density at radius 1 is 1.56 bits per heavy atom. The Labute approximate surface area is 96.1 Å². The van der Waals surface area contributed by atoms with Gasteiger partial charge in [0.05, 0.1) is 13.2 Å². The molecule has 0 amide bonds. The summed E-state index contributed by atoms with van der Waals surface area (Å²) in [5.74, 6) is 0.426. The molecule has 1 N–H and O–H groups in total. The quantitative estimate of drug-likeness (QED) is 0.776. The highest BCUT2D eigenvalue weighted by Crippen LogP contribution is 2.30. The highest BCUT2D eigenvalue weighted by Gasteiger charge is 2.45. The number of esters is 1. The van der Waals surface area contributed by atoms with Crippen molar-refractivity contribution in [2.24, 2.45) is 0 Å². The summed E-state index contributed by atoms with van der Waals surface area (Å²) in [5, 5.41) is 2.30. The van der Waals surface area contributed by atoms with E-state index in [-0.39, 0.29) is 6.61 Å². The van der Waals surface area contributed by atoms with Crippen LogP contribution in [0.3, 0.4) is 0 Å². The lowest BCUT2D eigenvalue weighted by Crippen LogP contribution is -2.55. The van der Waals surface area contributed by atoms with Gasteiger partial charge >= 0.3 is 12.1 Å². The standard InChI is InChI=1S/C9H14F3NO2S/c1-2-15-7(14)8(3-4-16-6-8)13-5-9(10,11)12/h13H,2-6H2,1H3. The molecule has 0 bridgehead atoms. The maximum Gasteiger partial charge on any atom is 0.401 e. The van der Waals surface area contributed by atoms with Crippen LogP contribution in [-0.4, -0.2) is 42.3 Å². The summed E-state index contributed by atoms with van der Waals surface area (Å²) in [5.41, 5.74) is -1.16. The summed E-state index contributed by atoms with van der Waals surface area (Å²) in [4.78, 5) is 11.6. The molecule has 1 atom stereocenters. The van der Waals surface area contributed by atoms with Crippen LogP contribution in [0.4, 0.5) is 13.2 Å². The second kappa shape index (κ2) is 5.27. The van der Waals surface area contributed by atoms with Crippen LogP contribution in [-0.2, 0) is 9.53 Å². The highest BCUT2D eigenvalue weighted by atomic mass is 32.2. The summed E-state index contributed by atoms with van der Waals surface area (Å²) in [6, 6.07) is 0. The first-order chi connectivity index (χ1) is 7.40. The molecule has 1 fully saturated rings. The van der Waals surface area contributed by atoms with Gasteiger partial charge in [0.1, 0.15) is 5.54 Å². The van der Waals surface area contributed by atoms with Crippen molar-refractivity contribution in [2.45, 2.75) is 25.1 Å². The van der Waals surface area contributed by atoms with E-state index in [1.54, 1.807) is 6.92 Å². The maximum absolute atomic E-state index is 12.1. The molecule has 1 aliphatic rings. The first kappa shape index (κ1) is 13.6. The van der Waals surface area contributed by atoms with E-state index in [9.17, 15) is 18.0 Å². The van der Waals surface area contributed by atoms with Crippen LogP contribution >= 0.6 is 11.8 Å². The first-order valence-corrected chi connectivity index (χ1v) is 6.12. The van der Waals surface area contributed by atoms with Crippen molar-refractivity contribution in [3.8, 4) is 0 Å². The van der Waals surface area contributed by atoms with Crippen LogP contribution in [0.2, 0.25) is 0 Å². The van der Waals surface area contributed by atoms with Gasteiger partial charge < -0.3 is 4.74 Å². The first-order valence-electron chi connectivity index (χ1n) is 4.96. The third-order valence-electron chi connectivity index (χ3n) is 2.32. The van der Waals surface area contributed by atoms with Crippen LogP contribution in [0.5, 0.6) is 0 Å².